The second-order valence-electron chi connectivity index (χ2n) is 8.15. The van der Waals surface area contributed by atoms with E-state index in [0.717, 1.165) is 37.3 Å². The zero-order valence-corrected chi connectivity index (χ0v) is 21.0. The normalized spacial score (nSPS) is 14.4. The van der Waals surface area contributed by atoms with Crippen molar-refractivity contribution in [3.05, 3.63) is 86.4 Å². The lowest BCUT2D eigenvalue weighted by molar-refractivity contribution is 0.147. The van der Waals surface area contributed by atoms with Crippen LogP contribution >= 0.6 is 36.4 Å². The Labute approximate surface area is 211 Å². The van der Waals surface area contributed by atoms with E-state index in [2.05, 4.69) is 21.9 Å². The fourth-order valence-electron chi connectivity index (χ4n) is 3.80. The molecular weight excluding hydrogens is 486 g/mol. The fraction of sp³-hybridized carbons (Fsp3) is 0.333. The minimum absolute atomic E-state index is 0. The van der Waals surface area contributed by atoms with Crippen molar-refractivity contribution in [1.29, 1.82) is 0 Å². The second-order valence-corrected chi connectivity index (χ2v) is 8.56. The van der Waals surface area contributed by atoms with Crippen LogP contribution in [0.4, 0.5) is 4.39 Å². The van der Waals surface area contributed by atoms with E-state index in [1.165, 1.54) is 10.7 Å². The molecule has 0 spiro atoms. The number of benzene rings is 2. The number of hydrogen-bond acceptors (Lipinski definition) is 4. The first-order valence-electron chi connectivity index (χ1n) is 10.4. The third-order valence-corrected chi connectivity index (χ3v) is 6.14. The van der Waals surface area contributed by atoms with Crippen LogP contribution in [0, 0.1) is 12.7 Å². The van der Waals surface area contributed by atoms with Crippen molar-refractivity contribution in [2.45, 2.75) is 20.0 Å². The van der Waals surface area contributed by atoms with Gasteiger partial charge < -0.3 is 4.90 Å². The number of hydrogen-bond donors (Lipinski definition) is 0. The van der Waals surface area contributed by atoms with E-state index >= 15 is 0 Å². The lowest BCUT2D eigenvalue weighted by Gasteiger charge is -2.32. The molecule has 2 aromatic carbocycles. The van der Waals surface area contributed by atoms with E-state index in [1.54, 1.807) is 25.1 Å². The van der Waals surface area contributed by atoms with Gasteiger partial charge in [-0.25, -0.2) is 9.07 Å². The monoisotopic (exact) mass is 512 g/mol. The van der Waals surface area contributed by atoms with Gasteiger partial charge in [0.1, 0.15) is 5.82 Å². The highest BCUT2D eigenvalue weighted by Gasteiger charge is 2.18. The SMILES string of the molecule is Cc1cc(-c2cc(CN3CCN(C)CC3)c(=O)n(Cc3ccccc3Cl)n2)ccc1F.Cl.Cl. The largest absolute Gasteiger partial charge is 0.304 e. The molecule has 1 saturated heterocycles. The van der Waals surface area contributed by atoms with Crippen LogP contribution in [-0.4, -0.2) is 52.8 Å². The third kappa shape index (κ3) is 6.55. The Balaban J connectivity index is 0.00000193. The molecule has 1 aromatic heterocycles. The number of aryl methyl sites for hydroxylation is 1. The second kappa shape index (κ2) is 12.0. The van der Waals surface area contributed by atoms with Gasteiger partial charge in [0.05, 0.1) is 12.2 Å². The van der Waals surface area contributed by atoms with Crippen LogP contribution in [0.15, 0.2) is 53.3 Å². The average Bonchev–Trinajstić information content (AvgIpc) is 2.76. The molecule has 1 aliphatic rings. The molecule has 9 heteroatoms. The number of aromatic nitrogens is 2. The summed E-state index contributed by atoms with van der Waals surface area (Å²) < 4.78 is 15.3. The van der Waals surface area contributed by atoms with Crippen LogP contribution < -0.4 is 5.56 Å². The maximum absolute atomic E-state index is 13.8. The summed E-state index contributed by atoms with van der Waals surface area (Å²) in [7, 11) is 2.11. The van der Waals surface area contributed by atoms with Crippen LogP contribution in [0.3, 0.4) is 0 Å². The van der Waals surface area contributed by atoms with Crippen molar-refractivity contribution in [2.24, 2.45) is 0 Å². The van der Waals surface area contributed by atoms with Gasteiger partial charge in [-0.2, -0.15) is 5.10 Å². The summed E-state index contributed by atoms with van der Waals surface area (Å²) in [6.45, 7) is 6.34. The van der Waals surface area contributed by atoms with Crippen LogP contribution in [0.5, 0.6) is 0 Å². The number of piperazine rings is 1. The molecule has 0 radical (unpaired) electrons. The van der Waals surface area contributed by atoms with Gasteiger partial charge in [-0.1, -0.05) is 29.8 Å². The lowest BCUT2D eigenvalue weighted by Crippen LogP contribution is -2.45. The minimum atomic E-state index is -0.259. The molecular formula is C24H28Cl3FN4O. The standard InChI is InChI=1S/C24H26ClFN4O.2ClH/c1-17-13-18(7-8-22(17)26)23-14-20(15-29-11-9-28(2)10-12-29)24(31)30(27-23)16-19-5-3-4-6-21(19)25;;/h3-8,13-14H,9-12,15-16H2,1-2H3;2*1H. The van der Waals surface area contributed by atoms with Crippen molar-refractivity contribution in [3.63, 3.8) is 0 Å². The van der Waals surface area contributed by atoms with Crippen LogP contribution in [0.1, 0.15) is 16.7 Å². The zero-order chi connectivity index (χ0) is 22.0. The van der Waals surface area contributed by atoms with Gasteiger partial charge in [0.25, 0.3) is 5.56 Å². The van der Waals surface area contributed by atoms with Gasteiger partial charge in [0.15, 0.2) is 0 Å². The molecule has 1 aliphatic heterocycles. The predicted octanol–water partition coefficient (Wildman–Crippen LogP) is 4.65. The van der Waals surface area contributed by atoms with Gasteiger partial charge in [0.2, 0.25) is 0 Å². The maximum atomic E-state index is 13.8. The van der Waals surface area contributed by atoms with Gasteiger partial charge in [-0.15, -0.1) is 24.8 Å². The molecule has 0 unspecified atom stereocenters. The molecule has 0 aliphatic carbocycles. The lowest BCUT2D eigenvalue weighted by atomic mass is 10.1. The Morgan fingerprint density at radius 3 is 2.33 bits per heavy atom. The van der Waals surface area contributed by atoms with E-state index in [1.807, 2.05) is 24.3 Å². The molecule has 4 rings (SSSR count). The maximum Gasteiger partial charge on any atom is 0.271 e. The third-order valence-electron chi connectivity index (χ3n) is 5.77. The quantitative estimate of drug-likeness (QED) is 0.498. The van der Waals surface area contributed by atoms with Crippen LogP contribution in [0.2, 0.25) is 5.02 Å². The molecule has 0 bridgehead atoms. The van der Waals surface area contributed by atoms with Gasteiger partial charge in [-0.3, -0.25) is 9.69 Å². The van der Waals surface area contributed by atoms with Gasteiger partial charge in [-0.05, 0) is 55.4 Å². The summed E-state index contributed by atoms with van der Waals surface area (Å²) in [6.07, 6.45) is 0. The number of likely N-dealkylation sites (N-methyl/N-ethyl adjacent to an activating group) is 1. The summed E-state index contributed by atoms with van der Waals surface area (Å²) >= 11 is 6.33. The number of rotatable bonds is 5. The molecule has 33 heavy (non-hydrogen) atoms. The van der Waals surface area contributed by atoms with Gasteiger partial charge in [0, 0.05) is 48.9 Å². The smallest absolute Gasteiger partial charge is 0.271 e. The minimum Gasteiger partial charge on any atom is -0.304 e. The molecule has 2 heterocycles. The Kier molecular flexibility index (Phi) is 9.88. The van der Waals surface area contributed by atoms with E-state index in [0.29, 0.717) is 28.4 Å². The Bertz CT molecular complexity index is 1150. The first-order valence-corrected chi connectivity index (χ1v) is 10.8. The molecule has 0 atom stereocenters. The predicted molar refractivity (Wildman–Crippen MR) is 136 cm³/mol. The van der Waals surface area contributed by atoms with Crippen molar-refractivity contribution >= 4 is 36.4 Å². The Hall–Kier alpha value is -1.96. The fourth-order valence-corrected chi connectivity index (χ4v) is 3.99. The van der Waals surface area contributed by atoms with Crippen LogP contribution in [-0.2, 0) is 13.1 Å². The van der Waals surface area contributed by atoms with E-state index in [9.17, 15) is 9.18 Å². The highest BCUT2D eigenvalue weighted by atomic mass is 35.5. The molecule has 5 nitrogen and oxygen atoms in total. The molecule has 3 aromatic rings. The number of halogens is 4. The summed E-state index contributed by atoms with van der Waals surface area (Å²) in [5, 5.41) is 5.21. The molecule has 1 fully saturated rings. The molecule has 0 saturated carbocycles. The van der Waals surface area contributed by atoms with Crippen molar-refractivity contribution in [1.82, 2.24) is 19.6 Å². The van der Waals surface area contributed by atoms with E-state index in [4.69, 9.17) is 11.6 Å². The first-order chi connectivity index (χ1) is 14.9. The molecule has 0 N–H and O–H groups in total. The van der Waals surface area contributed by atoms with Crippen LogP contribution in [0.25, 0.3) is 11.3 Å². The van der Waals surface area contributed by atoms with E-state index < -0.39 is 0 Å². The average molecular weight is 514 g/mol. The Morgan fingerprint density at radius 1 is 0.970 bits per heavy atom. The summed E-state index contributed by atoms with van der Waals surface area (Å²) in [4.78, 5) is 17.9. The zero-order valence-electron chi connectivity index (χ0n) is 18.6. The first kappa shape index (κ1) is 27.3. The number of nitrogens with zero attached hydrogens (tertiary/aromatic N) is 4. The highest BCUT2D eigenvalue weighted by molar-refractivity contribution is 6.31. The Morgan fingerprint density at radius 2 is 1.67 bits per heavy atom. The summed E-state index contributed by atoms with van der Waals surface area (Å²) in [5.74, 6) is -0.259. The van der Waals surface area contributed by atoms with Crippen molar-refractivity contribution in [2.75, 3.05) is 33.2 Å². The topological polar surface area (TPSA) is 41.4 Å². The highest BCUT2D eigenvalue weighted by Crippen LogP contribution is 2.22. The van der Waals surface area contributed by atoms with Crippen molar-refractivity contribution in [3.8, 4) is 11.3 Å². The summed E-state index contributed by atoms with van der Waals surface area (Å²) in [5.41, 5.74) is 3.37. The van der Waals surface area contributed by atoms with E-state index in [-0.39, 0.29) is 42.7 Å². The molecule has 0 amide bonds. The van der Waals surface area contributed by atoms with Crippen molar-refractivity contribution < 1.29 is 4.39 Å². The molecule has 178 valence electrons. The summed E-state index contributed by atoms with van der Waals surface area (Å²) in [6, 6.07) is 14.2. The van der Waals surface area contributed by atoms with Gasteiger partial charge >= 0.3 is 0 Å².